The maximum Gasteiger partial charge on any atom is 0.250 e. The number of nitrogens with one attached hydrogen (secondary N) is 2. The van der Waals surface area contributed by atoms with E-state index in [2.05, 4.69) is 10.6 Å². The number of carbonyl (C=O) groups excluding carboxylic acids is 1. The number of rotatable bonds is 2. The molecule has 0 aromatic rings. The van der Waals surface area contributed by atoms with Gasteiger partial charge in [-0.3, -0.25) is 10.1 Å². The van der Waals surface area contributed by atoms with Gasteiger partial charge in [-0.15, -0.1) is 11.8 Å². The Balaban J connectivity index is 1.36. The molecule has 124 valence electrons. The SMILES string of the molecule is O=C(NC1NC2CCC3CC(F)CCC3C2S1)[C@@H]1CCCO1. The molecular formula is C16H25FN2O2S. The zero-order chi connectivity index (χ0) is 15.1. The first-order chi connectivity index (χ1) is 10.7. The number of hydrogen-bond acceptors (Lipinski definition) is 4. The van der Waals surface area contributed by atoms with Crippen molar-refractivity contribution in [3.63, 3.8) is 0 Å². The van der Waals surface area contributed by atoms with Crippen LogP contribution in [0.4, 0.5) is 4.39 Å². The van der Waals surface area contributed by atoms with Crippen molar-refractivity contribution >= 4 is 17.7 Å². The summed E-state index contributed by atoms with van der Waals surface area (Å²) in [5.74, 6) is 1.19. The first-order valence-corrected chi connectivity index (χ1v) is 9.62. The number of thioether (sulfide) groups is 1. The molecule has 4 rings (SSSR count). The number of hydrogen-bond donors (Lipinski definition) is 2. The Morgan fingerprint density at radius 3 is 2.95 bits per heavy atom. The Kier molecular flexibility index (Phi) is 4.35. The zero-order valence-electron chi connectivity index (χ0n) is 12.8. The van der Waals surface area contributed by atoms with Crippen LogP contribution in [0.5, 0.6) is 0 Å². The van der Waals surface area contributed by atoms with E-state index in [9.17, 15) is 9.18 Å². The molecule has 0 aromatic heterocycles. The summed E-state index contributed by atoms with van der Waals surface area (Å²) >= 11 is 1.85. The van der Waals surface area contributed by atoms with Crippen molar-refractivity contribution in [2.75, 3.05) is 6.61 Å². The fourth-order valence-corrected chi connectivity index (χ4v) is 6.41. The molecule has 7 atom stereocenters. The molecular weight excluding hydrogens is 303 g/mol. The monoisotopic (exact) mass is 328 g/mol. The highest BCUT2D eigenvalue weighted by Crippen LogP contribution is 2.48. The van der Waals surface area contributed by atoms with Gasteiger partial charge in [0, 0.05) is 17.9 Å². The highest BCUT2D eigenvalue weighted by atomic mass is 32.2. The molecule has 0 bridgehead atoms. The molecule has 2 saturated heterocycles. The third kappa shape index (κ3) is 2.89. The van der Waals surface area contributed by atoms with Gasteiger partial charge in [-0.1, -0.05) is 0 Å². The number of halogens is 1. The summed E-state index contributed by atoms with van der Waals surface area (Å²) < 4.78 is 19.1. The maximum absolute atomic E-state index is 13.6. The molecule has 4 fully saturated rings. The van der Waals surface area contributed by atoms with Gasteiger partial charge in [0.05, 0.1) is 0 Å². The summed E-state index contributed by atoms with van der Waals surface area (Å²) in [4.78, 5) is 12.2. The van der Waals surface area contributed by atoms with Crippen LogP contribution in [0.3, 0.4) is 0 Å². The molecule has 2 saturated carbocycles. The Morgan fingerprint density at radius 2 is 2.14 bits per heavy atom. The number of ether oxygens (including phenoxy) is 1. The molecule has 2 aliphatic carbocycles. The predicted molar refractivity (Wildman–Crippen MR) is 84.2 cm³/mol. The lowest BCUT2D eigenvalue weighted by Gasteiger charge is -2.42. The number of fused-ring (bicyclic) bond motifs is 3. The quantitative estimate of drug-likeness (QED) is 0.816. The molecule has 1 amide bonds. The van der Waals surface area contributed by atoms with Gasteiger partial charge in [0.2, 0.25) is 0 Å². The van der Waals surface area contributed by atoms with E-state index < -0.39 is 6.17 Å². The van der Waals surface area contributed by atoms with Crippen LogP contribution in [0.1, 0.15) is 44.9 Å². The molecule has 0 aromatic carbocycles. The van der Waals surface area contributed by atoms with Crippen LogP contribution in [0, 0.1) is 11.8 Å². The normalized spacial score (nSPS) is 47.8. The Morgan fingerprint density at radius 1 is 1.23 bits per heavy atom. The topological polar surface area (TPSA) is 50.4 Å². The van der Waals surface area contributed by atoms with Gasteiger partial charge < -0.3 is 10.1 Å². The summed E-state index contributed by atoms with van der Waals surface area (Å²) in [6, 6.07) is 0.470. The van der Waals surface area contributed by atoms with Crippen LogP contribution in [0.2, 0.25) is 0 Å². The molecule has 6 heteroatoms. The highest BCUT2D eigenvalue weighted by Gasteiger charge is 2.47. The van der Waals surface area contributed by atoms with Crippen LogP contribution < -0.4 is 10.6 Å². The second kappa shape index (κ2) is 6.29. The van der Waals surface area contributed by atoms with E-state index in [1.807, 2.05) is 11.8 Å². The van der Waals surface area contributed by atoms with Crippen LogP contribution in [-0.4, -0.2) is 41.6 Å². The van der Waals surface area contributed by atoms with Crippen LogP contribution in [0.15, 0.2) is 0 Å². The van der Waals surface area contributed by atoms with E-state index >= 15 is 0 Å². The molecule has 2 heterocycles. The fourth-order valence-electron chi connectivity index (χ4n) is 4.70. The van der Waals surface area contributed by atoms with Gasteiger partial charge in [-0.25, -0.2) is 4.39 Å². The summed E-state index contributed by atoms with van der Waals surface area (Å²) in [5.41, 5.74) is -0.00597. The molecule has 2 aliphatic heterocycles. The van der Waals surface area contributed by atoms with Crippen LogP contribution in [0.25, 0.3) is 0 Å². The highest BCUT2D eigenvalue weighted by molar-refractivity contribution is 8.00. The number of alkyl halides is 1. The van der Waals surface area contributed by atoms with Gasteiger partial charge in [-0.05, 0) is 56.8 Å². The summed E-state index contributed by atoms with van der Waals surface area (Å²) in [6.07, 6.45) is 5.67. The van der Waals surface area contributed by atoms with E-state index in [0.29, 0.717) is 29.7 Å². The standard InChI is InChI=1S/C16H25FN2O2S/c17-10-4-5-11-9(8-10)3-6-12-14(11)22-16(18-12)19-15(20)13-2-1-7-21-13/h9-14,16,18H,1-8H2,(H,19,20)/t9?,10?,11?,12?,13-,14?,16?/m0/s1. The minimum absolute atomic E-state index is 0.00597. The lowest BCUT2D eigenvalue weighted by molar-refractivity contribution is -0.130. The van der Waals surface area contributed by atoms with E-state index in [-0.39, 0.29) is 17.5 Å². The number of amides is 1. The summed E-state index contributed by atoms with van der Waals surface area (Å²) in [7, 11) is 0. The van der Waals surface area contributed by atoms with E-state index in [1.54, 1.807) is 0 Å². The lowest BCUT2D eigenvalue weighted by Crippen LogP contribution is -2.48. The van der Waals surface area contributed by atoms with Crippen LogP contribution >= 0.6 is 11.8 Å². The van der Waals surface area contributed by atoms with Crippen molar-refractivity contribution in [1.29, 1.82) is 0 Å². The maximum atomic E-state index is 13.6. The molecule has 22 heavy (non-hydrogen) atoms. The summed E-state index contributed by atoms with van der Waals surface area (Å²) in [5, 5.41) is 7.20. The number of carbonyl (C=O) groups is 1. The Bertz CT molecular complexity index is 432. The van der Waals surface area contributed by atoms with Gasteiger partial charge >= 0.3 is 0 Å². The van der Waals surface area contributed by atoms with Gasteiger partial charge in [-0.2, -0.15) is 0 Å². The largest absolute Gasteiger partial charge is 0.368 e. The molecule has 0 spiro atoms. The molecule has 4 aliphatic rings. The van der Waals surface area contributed by atoms with Crippen molar-refractivity contribution < 1.29 is 13.9 Å². The van der Waals surface area contributed by atoms with E-state index in [4.69, 9.17) is 4.74 Å². The zero-order valence-corrected chi connectivity index (χ0v) is 13.6. The third-order valence-electron chi connectivity index (χ3n) is 5.80. The van der Waals surface area contributed by atoms with Crippen molar-refractivity contribution in [3.8, 4) is 0 Å². The Hall–Kier alpha value is -0.330. The smallest absolute Gasteiger partial charge is 0.250 e. The third-order valence-corrected chi connectivity index (χ3v) is 7.32. The molecule has 6 unspecified atom stereocenters. The fraction of sp³-hybridized carbons (Fsp3) is 0.938. The van der Waals surface area contributed by atoms with Gasteiger partial charge in [0.25, 0.3) is 5.91 Å². The predicted octanol–water partition coefficient (Wildman–Crippen LogP) is 2.19. The van der Waals surface area contributed by atoms with Crippen molar-refractivity contribution in [2.45, 2.75) is 74.0 Å². The molecule has 2 N–H and O–H groups in total. The molecule has 0 radical (unpaired) electrons. The first-order valence-electron chi connectivity index (χ1n) is 8.68. The van der Waals surface area contributed by atoms with E-state index in [1.165, 1.54) is 0 Å². The average Bonchev–Trinajstić information content (AvgIpc) is 3.15. The van der Waals surface area contributed by atoms with E-state index in [0.717, 1.165) is 44.9 Å². The van der Waals surface area contributed by atoms with Crippen molar-refractivity contribution in [2.24, 2.45) is 11.8 Å². The minimum Gasteiger partial charge on any atom is -0.368 e. The van der Waals surface area contributed by atoms with Gasteiger partial charge in [0.1, 0.15) is 17.8 Å². The Labute approximate surface area is 135 Å². The average molecular weight is 328 g/mol. The second-order valence-electron chi connectivity index (χ2n) is 7.18. The van der Waals surface area contributed by atoms with Crippen molar-refractivity contribution in [3.05, 3.63) is 0 Å². The lowest BCUT2D eigenvalue weighted by atomic mass is 9.68. The van der Waals surface area contributed by atoms with Gasteiger partial charge in [0.15, 0.2) is 0 Å². The second-order valence-corrected chi connectivity index (χ2v) is 8.46. The molecule has 4 nitrogen and oxygen atoms in total. The summed E-state index contributed by atoms with van der Waals surface area (Å²) in [6.45, 7) is 0.697. The van der Waals surface area contributed by atoms with Crippen LogP contribution in [-0.2, 0) is 9.53 Å². The minimum atomic E-state index is -0.591. The van der Waals surface area contributed by atoms with Crippen molar-refractivity contribution in [1.82, 2.24) is 10.6 Å². The first kappa shape index (κ1) is 15.2.